The first-order valence-corrected chi connectivity index (χ1v) is 8.32. The molecule has 1 aromatic heterocycles. The summed E-state index contributed by atoms with van der Waals surface area (Å²) in [5, 5.41) is 6.82. The number of amides is 3. The summed E-state index contributed by atoms with van der Waals surface area (Å²) in [4.78, 5) is 28.2. The molecule has 2 heterocycles. The number of anilines is 2. The third-order valence-electron chi connectivity index (χ3n) is 3.76. The van der Waals surface area contributed by atoms with Crippen molar-refractivity contribution in [3.8, 4) is 0 Å². The fraction of sp³-hybridized carbons (Fsp3) is 0.188. The SMILES string of the molecule is O=C(Nc1ccc(F)cc1C(F)(F)F)NC1Cc2cc(Br)cnc2NC1=O. The molecule has 0 saturated carbocycles. The molecule has 0 bridgehead atoms. The van der Waals surface area contributed by atoms with Crippen molar-refractivity contribution in [3.63, 3.8) is 0 Å². The maximum Gasteiger partial charge on any atom is 0.418 e. The smallest absolute Gasteiger partial charge is 0.326 e. The Hall–Kier alpha value is -2.69. The minimum Gasteiger partial charge on any atom is -0.326 e. The predicted molar refractivity (Wildman–Crippen MR) is 91.6 cm³/mol. The Kier molecular flexibility index (Phi) is 5.05. The lowest BCUT2D eigenvalue weighted by Gasteiger charge is -2.25. The van der Waals surface area contributed by atoms with Crippen LogP contribution in [0.25, 0.3) is 0 Å². The van der Waals surface area contributed by atoms with Crippen LogP contribution in [0.5, 0.6) is 0 Å². The summed E-state index contributed by atoms with van der Waals surface area (Å²) in [6, 6.07) is 1.53. The minimum atomic E-state index is -4.86. The first kappa shape index (κ1) is 19.1. The van der Waals surface area contributed by atoms with Crippen molar-refractivity contribution in [2.45, 2.75) is 18.6 Å². The highest BCUT2D eigenvalue weighted by atomic mass is 79.9. The zero-order valence-electron chi connectivity index (χ0n) is 13.3. The summed E-state index contributed by atoms with van der Waals surface area (Å²) in [5.41, 5.74) is -1.31. The van der Waals surface area contributed by atoms with E-state index >= 15 is 0 Å². The molecule has 0 fully saturated rings. The van der Waals surface area contributed by atoms with Crippen molar-refractivity contribution in [1.29, 1.82) is 0 Å². The highest BCUT2D eigenvalue weighted by molar-refractivity contribution is 9.10. The highest BCUT2D eigenvalue weighted by Crippen LogP contribution is 2.35. The van der Waals surface area contributed by atoms with Gasteiger partial charge >= 0.3 is 12.2 Å². The fourth-order valence-electron chi connectivity index (χ4n) is 2.56. The van der Waals surface area contributed by atoms with Gasteiger partial charge in [-0.15, -0.1) is 0 Å². The van der Waals surface area contributed by atoms with Crippen LogP contribution in [-0.2, 0) is 17.4 Å². The van der Waals surface area contributed by atoms with Gasteiger partial charge in [-0.3, -0.25) is 4.79 Å². The van der Waals surface area contributed by atoms with Gasteiger partial charge in [0.05, 0.1) is 11.3 Å². The van der Waals surface area contributed by atoms with E-state index in [-0.39, 0.29) is 12.5 Å². The molecule has 0 radical (unpaired) electrons. The number of alkyl halides is 3. The van der Waals surface area contributed by atoms with Crippen molar-refractivity contribution in [2.24, 2.45) is 0 Å². The number of nitrogens with one attached hydrogen (secondary N) is 3. The maximum atomic E-state index is 13.1. The molecule has 1 aromatic carbocycles. The van der Waals surface area contributed by atoms with Gasteiger partial charge in [0.15, 0.2) is 0 Å². The number of benzene rings is 1. The van der Waals surface area contributed by atoms with Crippen LogP contribution < -0.4 is 16.0 Å². The second-order valence-electron chi connectivity index (χ2n) is 5.69. The van der Waals surface area contributed by atoms with Gasteiger partial charge in [0.2, 0.25) is 5.91 Å². The van der Waals surface area contributed by atoms with Gasteiger partial charge in [0, 0.05) is 17.1 Å². The lowest BCUT2D eigenvalue weighted by molar-refractivity contribution is -0.137. The molecular formula is C16H11BrF4N4O2. The number of halogens is 5. The van der Waals surface area contributed by atoms with E-state index in [2.05, 4.69) is 31.5 Å². The molecule has 1 aliphatic heterocycles. The van der Waals surface area contributed by atoms with Crippen LogP contribution >= 0.6 is 15.9 Å². The molecule has 3 amide bonds. The van der Waals surface area contributed by atoms with Gasteiger partial charge in [0.25, 0.3) is 0 Å². The van der Waals surface area contributed by atoms with Gasteiger partial charge in [-0.1, -0.05) is 0 Å². The van der Waals surface area contributed by atoms with Crippen LogP contribution in [-0.4, -0.2) is 23.0 Å². The van der Waals surface area contributed by atoms with Crippen LogP contribution in [0.4, 0.5) is 33.9 Å². The van der Waals surface area contributed by atoms with E-state index in [1.54, 1.807) is 6.07 Å². The second kappa shape index (κ2) is 7.14. The van der Waals surface area contributed by atoms with Gasteiger partial charge in [-0.05, 0) is 45.8 Å². The summed E-state index contributed by atoms with van der Waals surface area (Å²) >= 11 is 3.24. The Balaban J connectivity index is 1.74. The summed E-state index contributed by atoms with van der Waals surface area (Å²) in [5.74, 6) is -1.29. The van der Waals surface area contributed by atoms with E-state index in [0.29, 0.717) is 15.9 Å². The lowest BCUT2D eigenvalue weighted by Crippen LogP contribution is -2.49. The molecule has 0 saturated heterocycles. The Morgan fingerprint density at radius 3 is 2.74 bits per heavy atom. The maximum absolute atomic E-state index is 13.1. The number of hydrogen-bond acceptors (Lipinski definition) is 3. The van der Waals surface area contributed by atoms with Crippen LogP contribution in [0.2, 0.25) is 0 Å². The number of hydrogen-bond donors (Lipinski definition) is 3. The standard InChI is InChI=1S/C16H11BrF4N4O2/c17-8-3-7-4-12(14(26)25-13(7)22-6-8)24-15(27)23-11-2-1-9(18)5-10(11)16(19,20)21/h1-3,5-6,12H,4H2,(H,22,25,26)(H2,23,24,27). The number of carbonyl (C=O) groups excluding carboxylic acids is 2. The average molecular weight is 447 g/mol. The fourth-order valence-corrected chi connectivity index (χ4v) is 2.94. The largest absolute Gasteiger partial charge is 0.418 e. The summed E-state index contributed by atoms with van der Waals surface area (Å²) < 4.78 is 52.8. The highest BCUT2D eigenvalue weighted by Gasteiger charge is 2.35. The van der Waals surface area contributed by atoms with Gasteiger partial charge in [-0.25, -0.2) is 14.2 Å². The van der Waals surface area contributed by atoms with Gasteiger partial charge in [-0.2, -0.15) is 13.2 Å². The number of carbonyl (C=O) groups is 2. The van der Waals surface area contributed by atoms with Crippen LogP contribution in [0.3, 0.4) is 0 Å². The minimum absolute atomic E-state index is 0.108. The molecule has 2 aromatic rings. The molecule has 0 aliphatic carbocycles. The Labute approximate surface area is 158 Å². The monoisotopic (exact) mass is 446 g/mol. The summed E-state index contributed by atoms with van der Waals surface area (Å²) in [6.07, 6.45) is -3.26. The Bertz CT molecular complexity index is 920. The van der Waals surface area contributed by atoms with Crippen molar-refractivity contribution in [3.05, 3.63) is 51.9 Å². The molecule has 0 spiro atoms. The van der Waals surface area contributed by atoms with Crippen molar-refractivity contribution >= 4 is 39.4 Å². The summed E-state index contributed by atoms with van der Waals surface area (Å²) in [7, 11) is 0. The van der Waals surface area contributed by atoms with Gasteiger partial charge in [0.1, 0.15) is 17.7 Å². The zero-order chi connectivity index (χ0) is 19.8. The molecular weight excluding hydrogens is 436 g/mol. The van der Waals surface area contributed by atoms with Crippen molar-refractivity contribution < 1.29 is 27.2 Å². The second-order valence-corrected chi connectivity index (χ2v) is 6.61. The number of rotatable bonds is 2. The summed E-state index contributed by atoms with van der Waals surface area (Å²) in [6.45, 7) is 0. The molecule has 3 rings (SSSR count). The van der Waals surface area contributed by atoms with Crippen LogP contribution in [0.15, 0.2) is 34.9 Å². The Morgan fingerprint density at radius 2 is 2.04 bits per heavy atom. The van der Waals surface area contributed by atoms with E-state index in [0.717, 1.165) is 12.1 Å². The molecule has 3 N–H and O–H groups in total. The number of aromatic nitrogens is 1. The molecule has 142 valence electrons. The van der Waals surface area contributed by atoms with Crippen LogP contribution in [0, 0.1) is 5.82 Å². The first-order valence-electron chi connectivity index (χ1n) is 7.53. The molecule has 1 atom stereocenters. The number of urea groups is 1. The van der Waals surface area contributed by atoms with E-state index < -0.39 is 41.2 Å². The molecule has 27 heavy (non-hydrogen) atoms. The average Bonchev–Trinajstić information content (AvgIpc) is 2.56. The zero-order valence-corrected chi connectivity index (χ0v) is 14.9. The van der Waals surface area contributed by atoms with Crippen molar-refractivity contribution in [2.75, 3.05) is 10.6 Å². The molecule has 11 heteroatoms. The topological polar surface area (TPSA) is 83.1 Å². The third-order valence-corrected chi connectivity index (χ3v) is 4.19. The predicted octanol–water partition coefficient (Wildman–Crippen LogP) is 3.69. The quantitative estimate of drug-likeness (QED) is 0.615. The first-order chi connectivity index (χ1) is 12.6. The van der Waals surface area contributed by atoms with E-state index in [1.165, 1.54) is 6.20 Å². The number of pyridine rings is 1. The van der Waals surface area contributed by atoms with E-state index in [1.807, 2.05) is 5.32 Å². The molecule has 1 aliphatic rings. The number of nitrogens with zero attached hydrogens (tertiary/aromatic N) is 1. The van der Waals surface area contributed by atoms with Crippen molar-refractivity contribution in [1.82, 2.24) is 10.3 Å². The van der Waals surface area contributed by atoms with Gasteiger partial charge < -0.3 is 16.0 Å². The Morgan fingerprint density at radius 1 is 1.30 bits per heavy atom. The molecule has 1 unspecified atom stereocenters. The third kappa shape index (κ3) is 4.35. The van der Waals surface area contributed by atoms with E-state index in [9.17, 15) is 27.2 Å². The van der Waals surface area contributed by atoms with Crippen LogP contribution in [0.1, 0.15) is 11.1 Å². The number of fused-ring (bicyclic) bond motifs is 1. The normalized spacial score (nSPS) is 16.3. The molecule has 6 nitrogen and oxygen atoms in total. The lowest BCUT2D eigenvalue weighted by atomic mass is 10.0. The van der Waals surface area contributed by atoms with E-state index in [4.69, 9.17) is 0 Å².